The number of fused-ring (bicyclic) bond motifs is 1. The smallest absolute Gasteiger partial charge is 0.211 e. The molecule has 1 heterocycles. The molecule has 0 saturated heterocycles. The topological polar surface area (TPSA) is 89.9 Å². The fourth-order valence-electron chi connectivity index (χ4n) is 2.90. The molecule has 0 radical (unpaired) electrons. The van der Waals surface area contributed by atoms with Crippen molar-refractivity contribution in [3.63, 3.8) is 0 Å². The van der Waals surface area contributed by atoms with Gasteiger partial charge in [-0.05, 0) is 36.5 Å². The zero-order valence-corrected chi connectivity index (χ0v) is 13.8. The van der Waals surface area contributed by atoms with E-state index in [0.717, 1.165) is 39.9 Å². The maximum Gasteiger partial charge on any atom is 0.211 e. The highest BCUT2D eigenvalue weighted by molar-refractivity contribution is 9.10. The Labute approximate surface area is 137 Å². The number of hydrogen-bond donors (Lipinski definition) is 2. The van der Waals surface area contributed by atoms with Crippen molar-refractivity contribution in [2.45, 2.75) is 25.7 Å². The minimum Gasteiger partial charge on any atom is -0.468 e. The van der Waals surface area contributed by atoms with Crippen molar-refractivity contribution in [2.75, 3.05) is 0 Å². The van der Waals surface area contributed by atoms with E-state index in [1.165, 1.54) is 5.56 Å². The van der Waals surface area contributed by atoms with Gasteiger partial charge in [-0.3, -0.25) is 0 Å². The van der Waals surface area contributed by atoms with E-state index >= 15 is 0 Å². The molecule has 2 aromatic rings. The summed E-state index contributed by atoms with van der Waals surface area (Å²) in [6, 6.07) is 8.21. The van der Waals surface area contributed by atoms with Crippen molar-refractivity contribution in [1.29, 1.82) is 0 Å². The second-order valence-corrected chi connectivity index (χ2v) is 6.27. The lowest BCUT2D eigenvalue weighted by Crippen LogP contribution is -2.23. The Morgan fingerprint density at radius 1 is 1.27 bits per heavy atom. The molecule has 1 aliphatic carbocycles. The lowest BCUT2D eigenvalue weighted by atomic mass is 9.81. The lowest BCUT2D eigenvalue weighted by molar-refractivity contribution is 0.480. The van der Waals surface area contributed by atoms with Crippen LogP contribution in [0.25, 0.3) is 0 Å². The molecule has 0 saturated carbocycles. The van der Waals surface area contributed by atoms with Crippen molar-refractivity contribution in [1.82, 2.24) is 0 Å². The number of halogens is 1. The first-order valence-corrected chi connectivity index (χ1v) is 7.82. The van der Waals surface area contributed by atoms with Gasteiger partial charge in [0.25, 0.3) is 0 Å². The van der Waals surface area contributed by atoms with E-state index in [1.54, 1.807) is 6.26 Å². The molecule has 0 aliphatic heterocycles. The summed E-state index contributed by atoms with van der Waals surface area (Å²) in [7, 11) is 0. The Bertz CT molecular complexity index is 759. The zero-order chi connectivity index (χ0) is 15.7. The summed E-state index contributed by atoms with van der Waals surface area (Å²) >= 11 is 3.62. The van der Waals surface area contributed by atoms with E-state index in [2.05, 4.69) is 32.2 Å². The SMILES string of the molecule is Cc1coc2c1C(=NN=C(N)N)CC(c1ccccc1Br)C2. The first-order chi connectivity index (χ1) is 10.6. The number of furan rings is 1. The molecule has 0 fully saturated rings. The largest absolute Gasteiger partial charge is 0.468 e. The summed E-state index contributed by atoms with van der Waals surface area (Å²) in [5, 5.41) is 8.07. The summed E-state index contributed by atoms with van der Waals surface area (Å²) < 4.78 is 6.80. The third-order valence-corrected chi connectivity index (χ3v) is 4.56. The Balaban J connectivity index is 2.04. The van der Waals surface area contributed by atoms with Gasteiger partial charge < -0.3 is 15.9 Å². The van der Waals surface area contributed by atoms with Crippen LogP contribution >= 0.6 is 15.9 Å². The van der Waals surface area contributed by atoms with Gasteiger partial charge in [0.2, 0.25) is 5.96 Å². The van der Waals surface area contributed by atoms with E-state index in [1.807, 2.05) is 25.1 Å². The van der Waals surface area contributed by atoms with Crippen LogP contribution in [0.15, 0.2) is 49.6 Å². The van der Waals surface area contributed by atoms with Gasteiger partial charge in [0.1, 0.15) is 5.76 Å². The van der Waals surface area contributed by atoms with Crippen LogP contribution in [0.3, 0.4) is 0 Å². The van der Waals surface area contributed by atoms with Crippen molar-refractivity contribution in [3.05, 3.63) is 57.5 Å². The molecule has 1 aliphatic rings. The van der Waals surface area contributed by atoms with Crippen LogP contribution in [0.4, 0.5) is 0 Å². The van der Waals surface area contributed by atoms with Crippen LogP contribution in [-0.2, 0) is 6.42 Å². The molecule has 6 heteroatoms. The highest BCUT2D eigenvalue weighted by Crippen LogP contribution is 2.38. The maximum absolute atomic E-state index is 5.71. The summed E-state index contributed by atoms with van der Waals surface area (Å²) in [5.74, 6) is 1.17. The second-order valence-electron chi connectivity index (χ2n) is 5.42. The van der Waals surface area contributed by atoms with E-state index in [9.17, 15) is 0 Å². The molecule has 1 unspecified atom stereocenters. The fraction of sp³-hybridized carbons (Fsp3) is 0.250. The van der Waals surface area contributed by atoms with Crippen molar-refractivity contribution >= 4 is 27.6 Å². The maximum atomic E-state index is 5.71. The predicted octanol–water partition coefficient (Wildman–Crippen LogP) is 3.06. The minimum absolute atomic E-state index is 0.0433. The van der Waals surface area contributed by atoms with E-state index < -0.39 is 0 Å². The van der Waals surface area contributed by atoms with Crippen LogP contribution in [0.2, 0.25) is 0 Å². The standard InChI is InChI=1S/C16H17BrN4O/c1-9-8-22-14-7-10(11-4-2-3-5-12(11)17)6-13(15(9)14)20-21-16(18)19/h2-5,8,10H,6-7H2,1H3,(H4,18,19,21). The van der Waals surface area contributed by atoms with Gasteiger partial charge in [-0.15, -0.1) is 5.10 Å². The van der Waals surface area contributed by atoms with Gasteiger partial charge in [-0.1, -0.05) is 34.1 Å². The zero-order valence-electron chi connectivity index (χ0n) is 12.2. The fourth-order valence-corrected chi connectivity index (χ4v) is 3.51. The van der Waals surface area contributed by atoms with Crippen molar-refractivity contribution < 1.29 is 4.42 Å². The number of guanidine groups is 1. The molecule has 22 heavy (non-hydrogen) atoms. The van der Waals surface area contributed by atoms with Gasteiger partial charge in [0.05, 0.1) is 12.0 Å². The molecular formula is C16H17BrN4O. The van der Waals surface area contributed by atoms with Crippen molar-refractivity contribution in [3.8, 4) is 0 Å². The van der Waals surface area contributed by atoms with E-state index in [4.69, 9.17) is 15.9 Å². The molecule has 4 N–H and O–H groups in total. The summed E-state index contributed by atoms with van der Waals surface area (Å²) in [6.07, 6.45) is 3.37. The first kappa shape index (κ1) is 14.8. The molecule has 114 valence electrons. The lowest BCUT2D eigenvalue weighted by Gasteiger charge is -2.24. The number of aryl methyl sites for hydroxylation is 1. The van der Waals surface area contributed by atoms with Crippen LogP contribution < -0.4 is 11.5 Å². The third-order valence-electron chi connectivity index (χ3n) is 3.84. The van der Waals surface area contributed by atoms with Gasteiger partial charge >= 0.3 is 0 Å². The molecule has 1 aromatic heterocycles. The van der Waals surface area contributed by atoms with Crippen LogP contribution in [-0.4, -0.2) is 11.7 Å². The van der Waals surface area contributed by atoms with Gasteiger partial charge in [0, 0.05) is 16.5 Å². The number of nitrogens with zero attached hydrogens (tertiary/aromatic N) is 2. The number of nitrogens with two attached hydrogens (primary N) is 2. The predicted molar refractivity (Wildman–Crippen MR) is 91.0 cm³/mol. The van der Waals surface area contributed by atoms with E-state index in [0.29, 0.717) is 0 Å². The third kappa shape index (κ3) is 2.78. The molecule has 1 aromatic carbocycles. The monoisotopic (exact) mass is 360 g/mol. The van der Waals surface area contributed by atoms with Crippen molar-refractivity contribution in [2.24, 2.45) is 21.7 Å². The molecule has 1 atom stereocenters. The Kier molecular flexibility index (Phi) is 4.02. The average Bonchev–Trinajstić information content (AvgIpc) is 2.87. The molecular weight excluding hydrogens is 344 g/mol. The summed E-state index contributed by atoms with van der Waals surface area (Å²) in [4.78, 5) is 0. The van der Waals surface area contributed by atoms with Gasteiger partial charge in [-0.25, -0.2) is 0 Å². The quantitative estimate of drug-likeness (QED) is 0.489. The highest BCUT2D eigenvalue weighted by Gasteiger charge is 2.30. The summed E-state index contributed by atoms with van der Waals surface area (Å²) in [6.45, 7) is 2.01. The average molecular weight is 361 g/mol. The summed E-state index contributed by atoms with van der Waals surface area (Å²) in [5.41, 5.74) is 15.0. The van der Waals surface area contributed by atoms with Crippen LogP contribution in [0.1, 0.15) is 34.8 Å². The van der Waals surface area contributed by atoms with Crippen LogP contribution in [0, 0.1) is 6.92 Å². The second kappa shape index (κ2) is 5.96. The Morgan fingerprint density at radius 2 is 2.05 bits per heavy atom. The van der Waals surface area contributed by atoms with Gasteiger partial charge in [-0.2, -0.15) is 5.10 Å². The highest BCUT2D eigenvalue weighted by atomic mass is 79.9. The van der Waals surface area contributed by atoms with E-state index in [-0.39, 0.29) is 11.9 Å². The number of benzene rings is 1. The Hall–Kier alpha value is -2.08. The minimum atomic E-state index is -0.0433. The normalized spacial score (nSPS) is 19.0. The Morgan fingerprint density at radius 3 is 2.77 bits per heavy atom. The van der Waals surface area contributed by atoms with Gasteiger partial charge in [0.15, 0.2) is 0 Å². The number of rotatable bonds is 2. The van der Waals surface area contributed by atoms with Crippen LogP contribution in [0.5, 0.6) is 0 Å². The molecule has 0 amide bonds. The molecule has 3 rings (SSSR count). The molecule has 0 bridgehead atoms. The molecule has 5 nitrogen and oxygen atoms in total. The number of hydrogen-bond acceptors (Lipinski definition) is 3. The first-order valence-electron chi connectivity index (χ1n) is 7.03. The molecule has 0 spiro atoms.